The fraction of sp³-hybridized carbons (Fsp3) is 0.160. The third-order valence-electron chi connectivity index (χ3n) is 5.71. The van der Waals surface area contributed by atoms with E-state index in [0.29, 0.717) is 46.4 Å². The molecule has 1 aliphatic rings. The fourth-order valence-corrected chi connectivity index (χ4v) is 4.95. The van der Waals surface area contributed by atoms with E-state index in [9.17, 15) is 9.59 Å². The molecule has 0 bridgehead atoms. The van der Waals surface area contributed by atoms with Gasteiger partial charge in [0.2, 0.25) is 0 Å². The summed E-state index contributed by atoms with van der Waals surface area (Å²) >= 11 is 7.76. The first kappa shape index (κ1) is 21.4. The highest BCUT2D eigenvalue weighted by Crippen LogP contribution is 2.32. The highest BCUT2D eigenvalue weighted by molar-refractivity contribution is 7.12. The van der Waals surface area contributed by atoms with Gasteiger partial charge >= 0.3 is 0 Å². The van der Waals surface area contributed by atoms with Crippen molar-refractivity contribution in [2.24, 2.45) is 0 Å². The summed E-state index contributed by atoms with van der Waals surface area (Å²) in [5.74, 6) is 0.119. The van der Waals surface area contributed by atoms with Gasteiger partial charge in [0.05, 0.1) is 9.90 Å². The van der Waals surface area contributed by atoms with E-state index in [1.807, 2.05) is 52.7 Å². The number of thiophene rings is 1. The number of nitrogens with zero attached hydrogens (tertiary/aromatic N) is 2. The van der Waals surface area contributed by atoms with Crippen molar-refractivity contribution in [1.29, 1.82) is 0 Å². The second-order valence-corrected chi connectivity index (χ2v) is 9.19. The molecule has 0 unspecified atom stereocenters. The van der Waals surface area contributed by atoms with E-state index in [-0.39, 0.29) is 11.8 Å². The Bertz CT molecular complexity index is 1350. The van der Waals surface area contributed by atoms with Crippen LogP contribution < -0.4 is 5.32 Å². The largest absolute Gasteiger partial charge is 0.360 e. The van der Waals surface area contributed by atoms with Gasteiger partial charge in [-0.2, -0.15) is 0 Å². The normalized spacial score (nSPS) is 13.0. The van der Waals surface area contributed by atoms with Gasteiger partial charge in [-0.3, -0.25) is 9.59 Å². The van der Waals surface area contributed by atoms with E-state index >= 15 is 0 Å². The van der Waals surface area contributed by atoms with Crippen LogP contribution in [0.25, 0.3) is 11.3 Å². The molecule has 6 nitrogen and oxygen atoms in total. The number of carbonyl (C=O) groups excluding carboxylic acids is 2. The molecular weight excluding hydrogens is 458 g/mol. The maximum Gasteiger partial charge on any atom is 0.264 e. The van der Waals surface area contributed by atoms with E-state index in [1.54, 1.807) is 19.1 Å². The minimum atomic E-state index is -0.328. The van der Waals surface area contributed by atoms with Crippen LogP contribution in [0.1, 0.15) is 36.9 Å². The number of halogens is 1. The van der Waals surface area contributed by atoms with Crippen molar-refractivity contribution in [3.63, 3.8) is 0 Å². The second kappa shape index (κ2) is 8.84. The molecule has 0 spiro atoms. The number of nitrogens with one attached hydrogen (secondary N) is 1. The molecule has 1 aliphatic heterocycles. The lowest BCUT2D eigenvalue weighted by Gasteiger charge is -2.29. The van der Waals surface area contributed by atoms with Crippen LogP contribution >= 0.6 is 22.9 Å². The summed E-state index contributed by atoms with van der Waals surface area (Å²) in [6, 6.07) is 16.7. The smallest absolute Gasteiger partial charge is 0.264 e. The number of aromatic nitrogens is 1. The highest BCUT2D eigenvalue weighted by atomic mass is 35.5. The number of carbonyl (C=O) groups is 2. The van der Waals surface area contributed by atoms with Crippen molar-refractivity contribution in [3.8, 4) is 11.3 Å². The van der Waals surface area contributed by atoms with Crippen LogP contribution in [0.3, 0.4) is 0 Å². The van der Waals surface area contributed by atoms with Gasteiger partial charge in [0.25, 0.3) is 11.8 Å². The molecule has 0 saturated heterocycles. The van der Waals surface area contributed by atoms with Crippen LogP contribution in [0.5, 0.6) is 0 Å². The first-order chi connectivity index (χ1) is 16.0. The Balaban J connectivity index is 1.38. The van der Waals surface area contributed by atoms with Gasteiger partial charge in [-0.25, -0.2) is 0 Å². The molecule has 0 saturated carbocycles. The summed E-state index contributed by atoms with van der Waals surface area (Å²) in [5, 5.41) is 9.42. The van der Waals surface area contributed by atoms with Gasteiger partial charge in [-0.05, 0) is 54.1 Å². The quantitative estimate of drug-likeness (QED) is 0.402. The third-order valence-corrected chi connectivity index (χ3v) is 6.90. The predicted octanol–water partition coefficient (Wildman–Crippen LogP) is 5.82. The van der Waals surface area contributed by atoms with Crippen molar-refractivity contribution in [2.45, 2.75) is 19.9 Å². The lowest BCUT2D eigenvalue weighted by molar-refractivity contribution is 0.0739. The first-order valence-electron chi connectivity index (χ1n) is 10.5. The van der Waals surface area contributed by atoms with Gasteiger partial charge in [-0.1, -0.05) is 47.1 Å². The lowest BCUT2D eigenvalue weighted by Crippen LogP contribution is -2.35. The average molecular weight is 478 g/mol. The summed E-state index contributed by atoms with van der Waals surface area (Å²) in [4.78, 5) is 28.5. The summed E-state index contributed by atoms with van der Waals surface area (Å²) in [6.07, 6.45) is 0.780. The SMILES string of the molecule is Cc1onc(-c2ccccc2Cl)c1C(=O)Nc1ccc2c(c1)CN(C(=O)c1cccs1)CC2. The van der Waals surface area contributed by atoms with Crippen molar-refractivity contribution < 1.29 is 14.1 Å². The molecular formula is C25H20ClN3O3S. The maximum absolute atomic E-state index is 13.2. The van der Waals surface area contributed by atoms with Gasteiger partial charge in [0.15, 0.2) is 0 Å². The number of rotatable bonds is 4. The fourth-order valence-electron chi connectivity index (χ4n) is 4.03. The van der Waals surface area contributed by atoms with E-state index in [0.717, 1.165) is 16.9 Å². The Morgan fingerprint density at radius 1 is 1.12 bits per heavy atom. The molecule has 8 heteroatoms. The summed E-state index contributed by atoms with van der Waals surface area (Å²) in [5.41, 5.74) is 4.24. The van der Waals surface area contributed by atoms with Crippen molar-refractivity contribution >= 4 is 40.4 Å². The van der Waals surface area contributed by atoms with Gasteiger partial charge in [-0.15, -0.1) is 11.3 Å². The third kappa shape index (κ3) is 4.17. The Labute approximate surface area is 199 Å². The molecule has 2 aromatic heterocycles. The molecule has 0 atom stereocenters. The van der Waals surface area contributed by atoms with Crippen LogP contribution in [0, 0.1) is 6.92 Å². The first-order valence-corrected chi connectivity index (χ1v) is 11.7. The van der Waals surface area contributed by atoms with Crippen LogP contribution in [0.4, 0.5) is 5.69 Å². The van der Waals surface area contributed by atoms with Crippen molar-refractivity contribution in [1.82, 2.24) is 10.1 Å². The van der Waals surface area contributed by atoms with E-state index < -0.39 is 0 Å². The zero-order chi connectivity index (χ0) is 22.9. The monoisotopic (exact) mass is 477 g/mol. The van der Waals surface area contributed by atoms with Crippen LogP contribution in [-0.4, -0.2) is 28.4 Å². The summed E-state index contributed by atoms with van der Waals surface area (Å²) < 4.78 is 5.32. The van der Waals surface area contributed by atoms with Crippen LogP contribution in [0.15, 0.2) is 64.5 Å². The molecule has 33 heavy (non-hydrogen) atoms. The molecule has 5 rings (SSSR count). The van der Waals surface area contributed by atoms with E-state index in [4.69, 9.17) is 16.1 Å². The second-order valence-electron chi connectivity index (χ2n) is 7.83. The molecule has 0 aliphatic carbocycles. The number of fused-ring (bicyclic) bond motifs is 1. The molecule has 166 valence electrons. The lowest BCUT2D eigenvalue weighted by atomic mass is 9.98. The molecule has 2 amide bonds. The number of hydrogen-bond donors (Lipinski definition) is 1. The zero-order valence-electron chi connectivity index (χ0n) is 17.8. The number of amides is 2. The number of anilines is 1. The van der Waals surface area contributed by atoms with E-state index in [1.165, 1.54) is 16.9 Å². The Kier molecular flexibility index (Phi) is 5.74. The van der Waals surface area contributed by atoms with Crippen LogP contribution in [-0.2, 0) is 13.0 Å². The zero-order valence-corrected chi connectivity index (χ0v) is 19.4. The minimum absolute atomic E-state index is 0.0366. The molecule has 2 aromatic carbocycles. The summed E-state index contributed by atoms with van der Waals surface area (Å²) in [7, 11) is 0. The Morgan fingerprint density at radius 3 is 2.76 bits per heavy atom. The summed E-state index contributed by atoms with van der Waals surface area (Å²) in [6.45, 7) is 2.88. The molecule has 0 fully saturated rings. The average Bonchev–Trinajstić information content (AvgIpc) is 3.48. The van der Waals surface area contributed by atoms with Crippen molar-refractivity contribution in [2.75, 3.05) is 11.9 Å². The van der Waals surface area contributed by atoms with E-state index in [2.05, 4.69) is 10.5 Å². The standard InChI is InChI=1S/C25H20ClN3O3S/c1-15-22(23(28-32-15)19-5-2-3-6-20(19)26)24(30)27-18-9-8-16-10-11-29(14-17(16)13-18)25(31)21-7-4-12-33-21/h2-9,12-13H,10-11,14H2,1H3,(H,27,30). The Hall–Kier alpha value is -3.42. The number of hydrogen-bond acceptors (Lipinski definition) is 5. The highest BCUT2D eigenvalue weighted by Gasteiger charge is 2.25. The van der Waals surface area contributed by atoms with Crippen molar-refractivity contribution in [3.05, 3.63) is 92.3 Å². The maximum atomic E-state index is 13.2. The van der Waals surface area contributed by atoms with Crippen LogP contribution in [0.2, 0.25) is 5.02 Å². The number of aryl methyl sites for hydroxylation is 1. The molecule has 1 N–H and O–H groups in total. The Morgan fingerprint density at radius 2 is 1.97 bits per heavy atom. The molecule has 3 heterocycles. The van der Waals surface area contributed by atoms with Gasteiger partial charge in [0, 0.05) is 24.3 Å². The minimum Gasteiger partial charge on any atom is -0.360 e. The topological polar surface area (TPSA) is 75.4 Å². The number of benzene rings is 2. The predicted molar refractivity (Wildman–Crippen MR) is 129 cm³/mol. The molecule has 0 radical (unpaired) electrons. The van der Waals surface area contributed by atoms with Gasteiger partial charge < -0.3 is 14.7 Å². The molecule has 4 aromatic rings. The van der Waals surface area contributed by atoms with Gasteiger partial charge in [0.1, 0.15) is 17.0 Å².